The van der Waals surface area contributed by atoms with Crippen LogP contribution in [0.4, 0.5) is 0 Å². The summed E-state index contributed by atoms with van der Waals surface area (Å²) >= 11 is 0. The van der Waals surface area contributed by atoms with Crippen molar-refractivity contribution in [3.8, 4) is 0 Å². The summed E-state index contributed by atoms with van der Waals surface area (Å²) in [6.45, 7) is 6.65. The van der Waals surface area contributed by atoms with Crippen LogP contribution in [0.15, 0.2) is 11.6 Å². The molecule has 1 unspecified atom stereocenters. The van der Waals surface area contributed by atoms with E-state index in [0.29, 0.717) is 12.8 Å². The molecule has 0 aromatic carbocycles. The van der Waals surface area contributed by atoms with Crippen LogP contribution in [0, 0.1) is 0 Å². The summed E-state index contributed by atoms with van der Waals surface area (Å²) in [5.74, 6) is 0.108. The van der Waals surface area contributed by atoms with Crippen molar-refractivity contribution in [2.75, 3.05) is 0 Å². The molecule has 0 bridgehead atoms. The monoisotopic (exact) mass is 405 g/mol. The van der Waals surface area contributed by atoms with Gasteiger partial charge in [-0.25, -0.2) is 0 Å². The zero-order chi connectivity index (χ0) is 21.3. The number of carbonyl (C=O) groups excluding carboxylic acids is 2. The fourth-order valence-electron chi connectivity index (χ4n) is 4.33. The van der Waals surface area contributed by atoms with Gasteiger partial charge in [-0.15, -0.1) is 0 Å². The van der Waals surface area contributed by atoms with Gasteiger partial charge in [0.1, 0.15) is 0 Å². The van der Waals surface area contributed by atoms with E-state index in [2.05, 4.69) is 26.8 Å². The lowest BCUT2D eigenvalue weighted by molar-refractivity contribution is -0.141. The first kappa shape index (κ1) is 25.9. The van der Waals surface area contributed by atoms with Gasteiger partial charge >= 0.3 is 0 Å². The van der Waals surface area contributed by atoms with Gasteiger partial charge < -0.3 is 0 Å². The second-order valence-electron chi connectivity index (χ2n) is 9.01. The molecule has 1 atom stereocenters. The van der Waals surface area contributed by atoms with Crippen molar-refractivity contribution in [1.29, 1.82) is 0 Å². The van der Waals surface area contributed by atoms with Crippen LogP contribution in [-0.4, -0.2) is 22.8 Å². The van der Waals surface area contributed by atoms with E-state index in [-0.39, 0.29) is 17.9 Å². The standard InChI is InChI=1S/C26H47NO2/c1-4-6-8-9-10-11-12-13-14-15-16-18-24(20-19-23(3)17-7-5-2)27-25(28)21-22-26(27)29/h17,24H,4-16,18-22H2,1-3H3. The topological polar surface area (TPSA) is 37.4 Å². The quantitative estimate of drug-likeness (QED) is 0.133. The van der Waals surface area contributed by atoms with E-state index < -0.39 is 0 Å². The molecule has 2 amide bonds. The molecule has 1 fully saturated rings. The van der Waals surface area contributed by atoms with E-state index >= 15 is 0 Å². The minimum atomic E-state index is 0.0539. The van der Waals surface area contributed by atoms with Crippen LogP contribution in [-0.2, 0) is 9.59 Å². The van der Waals surface area contributed by atoms with E-state index in [0.717, 1.165) is 32.1 Å². The summed E-state index contributed by atoms with van der Waals surface area (Å²) in [7, 11) is 0. The molecular formula is C26H47NO2. The third-order valence-electron chi connectivity index (χ3n) is 6.25. The van der Waals surface area contributed by atoms with Crippen LogP contribution >= 0.6 is 0 Å². The van der Waals surface area contributed by atoms with E-state index in [1.165, 1.54) is 76.2 Å². The summed E-state index contributed by atoms with van der Waals surface area (Å²) in [5.41, 5.74) is 1.40. The van der Waals surface area contributed by atoms with Gasteiger partial charge in [-0.2, -0.15) is 0 Å². The summed E-state index contributed by atoms with van der Waals surface area (Å²) < 4.78 is 0. The van der Waals surface area contributed by atoms with E-state index in [9.17, 15) is 9.59 Å². The lowest BCUT2D eigenvalue weighted by Gasteiger charge is -2.26. The Balaban J connectivity index is 2.27. The first-order valence-electron chi connectivity index (χ1n) is 12.6. The Bertz CT molecular complexity index is 467. The van der Waals surface area contributed by atoms with E-state index in [4.69, 9.17) is 0 Å². The predicted octanol–water partition coefficient (Wildman–Crippen LogP) is 7.73. The number of unbranched alkanes of at least 4 members (excludes halogenated alkanes) is 11. The molecule has 0 aliphatic carbocycles. The molecule has 3 heteroatoms. The number of allylic oxidation sites excluding steroid dienone is 2. The number of hydrogen-bond acceptors (Lipinski definition) is 2. The molecule has 0 spiro atoms. The molecule has 0 saturated carbocycles. The molecule has 29 heavy (non-hydrogen) atoms. The molecule has 168 valence electrons. The molecule has 1 aliphatic heterocycles. The van der Waals surface area contributed by atoms with Crippen LogP contribution in [0.1, 0.15) is 136 Å². The van der Waals surface area contributed by atoms with Crippen LogP contribution in [0.2, 0.25) is 0 Å². The van der Waals surface area contributed by atoms with Crippen molar-refractivity contribution >= 4 is 11.8 Å². The second kappa shape index (κ2) is 16.7. The van der Waals surface area contributed by atoms with Crippen molar-refractivity contribution < 1.29 is 9.59 Å². The van der Waals surface area contributed by atoms with E-state index in [1.807, 2.05) is 0 Å². The Hall–Kier alpha value is -1.12. The Morgan fingerprint density at radius 1 is 0.793 bits per heavy atom. The van der Waals surface area contributed by atoms with Crippen LogP contribution in [0.25, 0.3) is 0 Å². The zero-order valence-corrected chi connectivity index (χ0v) is 19.6. The molecule has 1 saturated heterocycles. The highest BCUT2D eigenvalue weighted by molar-refractivity contribution is 6.02. The highest BCUT2D eigenvalue weighted by atomic mass is 16.2. The SMILES string of the molecule is CCCC=C(C)CCC(CCCCCCCCCCCCC)N1C(=O)CCC1=O. The predicted molar refractivity (Wildman–Crippen MR) is 124 cm³/mol. The average molecular weight is 406 g/mol. The summed E-state index contributed by atoms with van der Waals surface area (Å²) in [6.07, 6.45) is 23.0. The Morgan fingerprint density at radius 2 is 1.31 bits per heavy atom. The maximum Gasteiger partial charge on any atom is 0.229 e. The lowest BCUT2D eigenvalue weighted by atomic mass is 9.98. The first-order chi connectivity index (χ1) is 14.1. The summed E-state index contributed by atoms with van der Waals surface area (Å²) in [4.78, 5) is 26.1. The highest BCUT2D eigenvalue weighted by Gasteiger charge is 2.34. The molecular weight excluding hydrogens is 358 g/mol. The summed E-state index contributed by atoms with van der Waals surface area (Å²) in [6, 6.07) is 0.112. The minimum absolute atomic E-state index is 0.0539. The molecule has 0 radical (unpaired) electrons. The largest absolute Gasteiger partial charge is 0.279 e. The third-order valence-corrected chi connectivity index (χ3v) is 6.25. The average Bonchev–Trinajstić information content (AvgIpc) is 3.05. The normalized spacial score (nSPS) is 16.1. The fourth-order valence-corrected chi connectivity index (χ4v) is 4.33. The molecule has 0 aromatic heterocycles. The number of amides is 2. The van der Waals surface area contributed by atoms with Gasteiger partial charge in [0.25, 0.3) is 0 Å². The molecule has 3 nitrogen and oxygen atoms in total. The fraction of sp³-hybridized carbons (Fsp3) is 0.846. The number of rotatable bonds is 18. The Morgan fingerprint density at radius 3 is 1.83 bits per heavy atom. The number of likely N-dealkylation sites (tertiary alicyclic amines) is 1. The first-order valence-corrected chi connectivity index (χ1v) is 12.6. The van der Waals surface area contributed by atoms with Crippen LogP contribution in [0.5, 0.6) is 0 Å². The number of hydrogen-bond donors (Lipinski definition) is 0. The highest BCUT2D eigenvalue weighted by Crippen LogP contribution is 2.24. The van der Waals surface area contributed by atoms with Crippen LogP contribution < -0.4 is 0 Å². The molecule has 0 N–H and O–H groups in total. The molecule has 1 rings (SSSR count). The number of carbonyl (C=O) groups is 2. The van der Waals surface area contributed by atoms with Crippen molar-refractivity contribution in [1.82, 2.24) is 4.90 Å². The van der Waals surface area contributed by atoms with Gasteiger partial charge in [-0.3, -0.25) is 14.5 Å². The van der Waals surface area contributed by atoms with Crippen molar-refractivity contribution in [3.63, 3.8) is 0 Å². The second-order valence-corrected chi connectivity index (χ2v) is 9.01. The summed E-state index contributed by atoms with van der Waals surface area (Å²) in [5, 5.41) is 0. The van der Waals surface area contributed by atoms with Crippen LogP contribution in [0.3, 0.4) is 0 Å². The van der Waals surface area contributed by atoms with Gasteiger partial charge in [0.2, 0.25) is 11.8 Å². The van der Waals surface area contributed by atoms with Gasteiger partial charge in [0.05, 0.1) is 0 Å². The molecule has 1 aliphatic rings. The van der Waals surface area contributed by atoms with E-state index in [1.54, 1.807) is 4.90 Å². The van der Waals surface area contributed by atoms with Crippen molar-refractivity contribution in [2.45, 2.75) is 142 Å². The van der Waals surface area contributed by atoms with Gasteiger partial charge in [-0.05, 0) is 32.6 Å². The molecule has 0 aromatic rings. The Labute approximate surface area is 180 Å². The third kappa shape index (κ3) is 11.6. The van der Waals surface area contributed by atoms with Crippen molar-refractivity contribution in [2.24, 2.45) is 0 Å². The number of nitrogens with zero attached hydrogens (tertiary/aromatic N) is 1. The minimum Gasteiger partial charge on any atom is -0.279 e. The van der Waals surface area contributed by atoms with Gasteiger partial charge in [0, 0.05) is 18.9 Å². The van der Waals surface area contributed by atoms with Gasteiger partial charge in [0.15, 0.2) is 0 Å². The number of imide groups is 1. The zero-order valence-electron chi connectivity index (χ0n) is 19.6. The molecule has 1 heterocycles. The van der Waals surface area contributed by atoms with Crippen molar-refractivity contribution in [3.05, 3.63) is 11.6 Å². The lowest BCUT2D eigenvalue weighted by Crippen LogP contribution is -2.39. The maximum absolute atomic E-state index is 12.2. The van der Waals surface area contributed by atoms with Gasteiger partial charge in [-0.1, -0.05) is 103 Å². The maximum atomic E-state index is 12.2. The smallest absolute Gasteiger partial charge is 0.229 e. The Kier molecular flexibility index (Phi) is 14.9.